The van der Waals surface area contributed by atoms with E-state index in [2.05, 4.69) is 4.98 Å². The molecule has 62 valence electrons. The summed E-state index contributed by atoms with van der Waals surface area (Å²) in [6, 6.07) is 3.68. The standard InChI is InChI=1S/C7H11N3.ClH/c1-5(8)6-3-2-4-10-7(6)9;/h2-5H,8H2,1H3,(H2,9,10);1H/t5-;/m0./s1. The SMILES string of the molecule is C[C@H](N)c1cccnc1N.Cl. The molecule has 0 spiro atoms. The highest BCUT2D eigenvalue weighted by Gasteiger charge is 2.01. The largest absolute Gasteiger partial charge is 0.383 e. The number of nitrogen functional groups attached to an aromatic ring is 1. The van der Waals surface area contributed by atoms with Gasteiger partial charge in [-0.15, -0.1) is 12.4 Å². The van der Waals surface area contributed by atoms with Crippen LogP contribution in [0.2, 0.25) is 0 Å². The van der Waals surface area contributed by atoms with E-state index in [9.17, 15) is 0 Å². The predicted octanol–water partition coefficient (Wildman–Crippen LogP) is 1.11. The molecule has 0 aliphatic rings. The number of hydrogen-bond acceptors (Lipinski definition) is 3. The monoisotopic (exact) mass is 173 g/mol. The lowest BCUT2D eigenvalue weighted by Gasteiger charge is -2.06. The third-order valence-electron chi connectivity index (χ3n) is 1.36. The van der Waals surface area contributed by atoms with Crippen molar-refractivity contribution in [2.45, 2.75) is 13.0 Å². The first-order valence-electron chi connectivity index (χ1n) is 3.18. The zero-order valence-electron chi connectivity index (χ0n) is 6.32. The molecule has 0 saturated heterocycles. The van der Waals surface area contributed by atoms with Crippen LogP contribution in [-0.2, 0) is 0 Å². The summed E-state index contributed by atoms with van der Waals surface area (Å²) in [7, 11) is 0. The van der Waals surface area contributed by atoms with E-state index in [1.165, 1.54) is 0 Å². The van der Waals surface area contributed by atoms with Crippen LogP contribution in [-0.4, -0.2) is 4.98 Å². The molecular weight excluding hydrogens is 162 g/mol. The highest BCUT2D eigenvalue weighted by atomic mass is 35.5. The molecule has 1 heterocycles. The normalized spacial score (nSPS) is 11.8. The van der Waals surface area contributed by atoms with Crippen molar-refractivity contribution in [3.8, 4) is 0 Å². The molecule has 0 radical (unpaired) electrons. The van der Waals surface area contributed by atoms with Gasteiger partial charge < -0.3 is 11.5 Å². The van der Waals surface area contributed by atoms with Crippen LogP contribution in [0.3, 0.4) is 0 Å². The van der Waals surface area contributed by atoms with Crippen molar-refractivity contribution in [3.63, 3.8) is 0 Å². The van der Waals surface area contributed by atoms with Gasteiger partial charge in [0.25, 0.3) is 0 Å². The van der Waals surface area contributed by atoms with Gasteiger partial charge in [0, 0.05) is 17.8 Å². The molecular formula is C7H12ClN3. The van der Waals surface area contributed by atoms with E-state index in [0.29, 0.717) is 5.82 Å². The average Bonchev–Trinajstić information content (AvgIpc) is 1.88. The van der Waals surface area contributed by atoms with Crippen molar-refractivity contribution in [1.82, 2.24) is 4.98 Å². The van der Waals surface area contributed by atoms with Gasteiger partial charge in [-0.2, -0.15) is 0 Å². The number of hydrogen-bond donors (Lipinski definition) is 2. The molecule has 0 amide bonds. The third kappa shape index (κ3) is 2.37. The smallest absolute Gasteiger partial charge is 0.128 e. The number of anilines is 1. The van der Waals surface area contributed by atoms with E-state index < -0.39 is 0 Å². The topological polar surface area (TPSA) is 64.9 Å². The number of pyridine rings is 1. The van der Waals surface area contributed by atoms with Crippen LogP contribution in [0.1, 0.15) is 18.5 Å². The summed E-state index contributed by atoms with van der Waals surface area (Å²) in [5.41, 5.74) is 12.0. The van der Waals surface area contributed by atoms with E-state index in [-0.39, 0.29) is 18.4 Å². The molecule has 0 aliphatic carbocycles. The Morgan fingerprint density at radius 2 is 2.18 bits per heavy atom. The lowest BCUT2D eigenvalue weighted by Crippen LogP contribution is -2.08. The maximum absolute atomic E-state index is 5.59. The lowest BCUT2D eigenvalue weighted by molar-refractivity contribution is 0.816. The summed E-state index contributed by atoms with van der Waals surface area (Å²) >= 11 is 0. The number of aromatic nitrogens is 1. The second kappa shape index (κ2) is 4.16. The van der Waals surface area contributed by atoms with Crippen LogP contribution in [0.25, 0.3) is 0 Å². The number of rotatable bonds is 1. The van der Waals surface area contributed by atoms with Gasteiger partial charge in [-0.3, -0.25) is 0 Å². The molecule has 0 saturated carbocycles. The minimum atomic E-state index is -0.0336. The van der Waals surface area contributed by atoms with Crippen LogP contribution in [0.4, 0.5) is 5.82 Å². The molecule has 0 unspecified atom stereocenters. The quantitative estimate of drug-likeness (QED) is 0.669. The molecule has 1 aromatic heterocycles. The summed E-state index contributed by atoms with van der Waals surface area (Å²) in [6.45, 7) is 1.88. The van der Waals surface area contributed by atoms with Gasteiger partial charge in [-0.1, -0.05) is 6.07 Å². The van der Waals surface area contributed by atoms with Crippen LogP contribution in [0, 0.1) is 0 Å². The minimum absolute atomic E-state index is 0. The van der Waals surface area contributed by atoms with Crippen molar-refractivity contribution < 1.29 is 0 Å². The summed E-state index contributed by atoms with van der Waals surface area (Å²) < 4.78 is 0. The van der Waals surface area contributed by atoms with Crippen molar-refractivity contribution >= 4 is 18.2 Å². The minimum Gasteiger partial charge on any atom is -0.383 e. The highest BCUT2D eigenvalue weighted by molar-refractivity contribution is 5.85. The number of halogens is 1. The fourth-order valence-electron chi connectivity index (χ4n) is 0.815. The lowest BCUT2D eigenvalue weighted by atomic mass is 10.1. The van der Waals surface area contributed by atoms with E-state index >= 15 is 0 Å². The fraction of sp³-hybridized carbons (Fsp3) is 0.286. The van der Waals surface area contributed by atoms with Gasteiger partial charge >= 0.3 is 0 Å². The van der Waals surface area contributed by atoms with Crippen LogP contribution < -0.4 is 11.5 Å². The molecule has 1 atom stereocenters. The Balaban J connectivity index is 0.000001000. The summed E-state index contributed by atoms with van der Waals surface area (Å²) in [5, 5.41) is 0. The Morgan fingerprint density at radius 1 is 1.55 bits per heavy atom. The van der Waals surface area contributed by atoms with Gasteiger partial charge in [-0.25, -0.2) is 4.98 Å². The van der Waals surface area contributed by atoms with Gasteiger partial charge in [0.15, 0.2) is 0 Å². The predicted molar refractivity (Wildman–Crippen MR) is 48.5 cm³/mol. The second-order valence-electron chi connectivity index (χ2n) is 2.27. The second-order valence-corrected chi connectivity index (χ2v) is 2.27. The molecule has 3 nitrogen and oxygen atoms in total. The van der Waals surface area contributed by atoms with Crippen molar-refractivity contribution in [2.24, 2.45) is 5.73 Å². The fourth-order valence-corrected chi connectivity index (χ4v) is 0.815. The van der Waals surface area contributed by atoms with Crippen molar-refractivity contribution in [3.05, 3.63) is 23.9 Å². The van der Waals surface area contributed by atoms with Crippen molar-refractivity contribution in [1.29, 1.82) is 0 Å². The third-order valence-corrected chi connectivity index (χ3v) is 1.36. The first-order chi connectivity index (χ1) is 4.72. The molecule has 0 aliphatic heterocycles. The first-order valence-corrected chi connectivity index (χ1v) is 3.18. The number of nitrogens with two attached hydrogens (primary N) is 2. The molecule has 4 N–H and O–H groups in total. The Morgan fingerprint density at radius 3 is 2.55 bits per heavy atom. The van der Waals surface area contributed by atoms with Crippen molar-refractivity contribution in [2.75, 3.05) is 5.73 Å². The number of nitrogens with zero attached hydrogens (tertiary/aromatic N) is 1. The Labute approximate surface area is 72.2 Å². The molecule has 0 aromatic carbocycles. The van der Waals surface area contributed by atoms with Gasteiger partial charge in [0.1, 0.15) is 5.82 Å². The summed E-state index contributed by atoms with van der Waals surface area (Å²) in [6.07, 6.45) is 1.65. The Bertz CT molecular complexity index is 225. The Kier molecular flexibility index (Phi) is 3.85. The molecule has 0 fully saturated rings. The van der Waals surface area contributed by atoms with Gasteiger partial charge in [0.2, 0.25) is 0 Å². The zero-order chi connectivity index (χ0) is 7.56. The van der Waals surface area contributed by atoms with E-state index in [1.54, 1.807) is 6.20 Å². The maximum atomic E-state index is 5.59. The van der Waals surface area contributed by atoms with Crippen LogP contribution >= 0.6 is 12.4 Å². The maximum Gasteiger partial charge on any atom is 0.128 e. The van der Waals surface area contributed by atoms with Crippen LogP contribution in [0.15, 0.2) is 18.3 Å². The van der Waals surface area contributed by atoms with E-state index in [1.807, 2.05) is 19.1 Å². The first kappa shape index (κ1) is 10.2. The van der Waals surface area contributed by atoms with Gasteiger partial charge in [-0.05, 0) is 13.0 Å². The van der Waals surface area contributed by atoms with E-state index in [4.69, 9.17) is 11.5 Å². The molecule has 1 rings (SSSR count). The van der Waals surface area contributed by atoms with E-state index in [0.717, 1.165) is 5.56 Å². The van der Waals surface area contributed by atoms with Crippen LogP contribution in [0.5, 0.6) is 0 Å². The molecule has 4 heteroatoms. The highest BCUT2D eigenvalue weighted by Crippen LogP contribution is 2.13. The zero-order valence-corrected chi connectivity index (χ0v) is 7.14. The summed E-state index contributed by atoms with van der Waals surface area (Å²) in [4.78, 5) is 3.90. The molecule has 11 heavy (non-hydrogen) atoms. The van der Waals surface area contributed by atoms with Gasteiger partial charge in [0.05, 0.1) is 0 Å². The summed E-state index contributed by atoms with van der Waals surface area (Å²) in [5.74, 6) is 0.525. The molecule has 0 bridgehead atoms. The Hall–Kier alpha value is -0.800. The average molecular weight is 174 g/mol. The molecule has 1 aromatic rings.